The number of nitrogen functional groups attached to an aromatic ring is 1. The second kappa shape index (κ2) is 6.41. The summed E-state index contributed by atoms with van der Waals surface area (Å²) in [6, 6.07) is 6.90. The topological polar surface area (TPSA) is 81.4 Å². The standard InChI is InChI=1S/C15H22N2O3/c1-10(8-13(18)20-15(2,3)4)14(19)17-12-7-5-6-11(16)9-12/h5-7,9-10H,8,16H2,1-4H3,(H,17,19)/t10-/m0/s1. The fourth-order valence-electron chi connectivity index (χ4n) is 1.61. The van der Waals surface area contributed by atoms with E-state index >= 15 is 0 Å². The van der Waals surface area contributed by atoms with Crippen LogP contribution in [0.5, 0.6) is 0 Å². The summed E-state index contributed by atoms with van der Waals surface area (Å²) in [5, 5.41) is 2.72. The van der Waals surface area contributed by atoms with Crippen LogP contribution in [0.3, 0.4) is 0 Å². The minimum Gasteiger partial charge on any atom is -0.460 e. The molecule has 0 spiro atoms. The third kappa shape index (κ3) is 5.73. The maximum absolute atomic E-state index is 12.0. The number of benzene rings is 1. The molecule has 0 saturated carbocycles. The number of anilines is 2. The lowest BCUT2D eigenvalue weighted by atomic mass is 10.1. The first-order valence-corrected chi connectivity index (χ1v) is 6.55. The van der Waals surface area contributed by atoms with Gasteiger partial charge in [0.1, 0.15) is 5.60 Å². The molecule has 0 unspecified atom stereocenters. The molecule has 1 atom stereocenters. The van der Waals surface area contributed by atoms with Crippen LogP contribution in [0.1, 0.15) is 34.1 Å². The molecular formula is C15H22N2O3. The first-order chi connectivity index (χ1) is 9.17. The summed E-state index contributed by atoms with van der Waals surface area (Å²) in [6.45, 7) is 7.07. The molecule has 3 N–H and O–H groups in total. The molecule has 1 amide bonds. The molecule has 110 valence electrons. The van der Waals surface area contributed by atoms with Gasteiger partial charge in [0.2, 0.25) is 5.91 Å². The Bertz CT molecular complexity index is 492. The predicted molar refractivity (Wildman–Crippen MR) is 79.1 cm³/mol. The molecular weight excluding hydrogens is 256 g/mol. The van der Waals surface area contributed by atoms with E-state index in [4.69, 9.17) is 10.5 Å². The highest BCUT2D eigenvalue weighted by Gasteiger charge is 2.22. The molecule has 5 heteroatoms. The van der Waals surface area contributed by atoms with Crippen molar-refractivity contribution in [2.45, 2.75) is 39.7 Å². The number of amides is 1. The monoisotopic (exact) mass is 278 g/mol. The number of carbonyl (C=O) groups excluding carboxylic acids is 2. The van der Waals surface area contributed by atoms with Gasteiger partial charge in [0.05, 0.1) is 6.42 Å². The summed E-state index contributed by atoms with van der Waals surface area (Å²) in [5.74, 6) is -1.08. The van der Waals surface area contributed by atoms with Crippen LogP contribution in [0.4, 0.5) is 11.4 Å². The Balaban J connectivity index is 2.53. The molecule has 0 aliphatic rings. The van der Waals surface area contributed by atoms with Gasteiger partial charge in [-0.1, -0.05) is 13.0 Å². The molecule has 0 aromatic heterocycles. The molecule has 1 rings (SSSR count). The lowest BCUT2D eigenvalue weighted by Gasteiger charge is -2.20. The fourth-order valence-corrected chi connectivity index (χ4v) is 1.61. The van der Waals surface area contributed by atoms with Crippen molar-refractivity contribution in [3.63, 3.8) is 0 Å². The Morgan fingerprint density at radius 3 is 2.55 bits per heavy atom. The first-order valence-electron chi connectivity index (χ1n) is 6.55. The van der Waals surface area contributed by atoms with Crippen molar-refractivity contribution in [1.29, 1.82) is 0 Å². The molecule has 1 aromatic carbocycles. The van der Waals surface area contributed by atoms with Gasteiger partial charge in [-0.15, -0.1) is 0 Å². The van der Waals surface area contributed by atoms with Crippen LogP contribution < -0.4 is 11.1 Å². The molecule has 0 aliphatic heterocycles. The average molecular weight is 278 g/mol. The van der Waals surface area contributed by atoms with Gasteiger partial charge in [0.15, 0.2) is 0 Å². The summed E-state index contributed by atoms with van der Waals surface area (Å²) in [6.07, 6.45) is 0.0470. The number of carbonyl (C=O) groups is 2. The van der Waals surface area contributed by atoms with Crippen LogP contribution in [0, 0.1) is 5.92 Å². The number of rotatable bonds is 4. The fraction of sp³-hybridized carbons (Fsp3) is 0.467. The van der Waals surface area contributed by atoms with Crippen LogP contribution in [0.2, 0.25) is 0 Å². The molecule has 0 bridgehead atoms. The predicted octanol–water partition coefficient (Wildman–Crippen LogP) is 2.58. The molecule has 5 nitrogen and oxygen atoms in total. The Morgan fingerprint density at radius 1 is 1.35 bits per heavy atom. The number of hydrogen-bond acceptors (Lipinski definition) is 4. The number of nitrogens with two attached hydrogens (primary N) is 1. The maximum Gasteiger partial charge on any atom is 0.307 e. The normalized spacial score (nSPS) is 12.6. The van der Waals surface area contributed by atoms with E-state index in [1.807, 2.05) is 0 Å². The van der Waals surface area contributed by atoms with Crippen LogP contribution >= 0.6 is 0 Å². The third-order valence-electron chi connectivity index (χ3n) is 2.49. The van der Waals surface area contributed by atoms with E-state index in [0.29, 0.717) is 11.4 Å². The van der Waals surface area contributed by atoms with Crippen LogP contribution in [-0.2, 0) is 14.3 Å². The van der Waals surface area contributed by atoms with Crippen molar-refractivity contribution < 1.29 is 14.3 Å². The first kappa shape index (κ1) is 16.0. The Morgan fingerprint density at radius 2 is 2.00 bits per heavy atom. The molecule has 0 radical (unpaired) electrons. The van der Waals surface area contributed by atoms with E-state index in [1.165, 1.54) is 0 Å². The number of esters is 1. The molecule has 0 heterocycles. The molecule has 0 fully saturated rings. The second-order valence-electron chi connectivity index (χ2n) is 5.81. The summed E-state index contributed by atoms with van der Waals surface area (Å²) in [4.78, 5) is 23.6. The molecule has 20 heavy (non-hydrogen) atoms. The van der Waals surface area contributed by atoms with Crippen molar-refractivity contribution in [2.24, 2.45) is 5.92 Å². The number of hydrogen-bond donors (Lipinski definition) is 2. The van der Waals surface area contributed by atoms with Gasteiger partial charge in [0.25, 0.3) is 0 Å². The minimum absolute atomic E-state index is 0.0470. The summed E-state index contributed by atoms with van der Waals surface area (Å²) < 4.78 is 5.19. The van der Waals surface area contributed by atoms with E-state index < -0.39 is 11.5 Å². The molecule has 0 aliphatic carbocycles. The van der Waals surface area contributed by atoms with E-state index in [2.05, 4.69) is 5.32 Å². The Hall–Kier alpha value is -2.04. The van der Waals surface area contributed by atoms with Crippen molar-refractivity contribution >= 4 is 23.3 Å². The highest BCUT2D eigenvalue weighted by atomic mass is 16.6. The zero-order chi connectivity index (χ0) is 15.3. The van der Waals surface area contributed by atoms with Crippen molar-refractivity contribution in [2.75, 3.05) is 11.1 Å². The van der Waals surface area contributed by atoms with E-state index in [1.54, 1.807) is 52.0 Å². The number of nitrogens with one attached hydrogen (secondary N) is 1. The summed E-state index contributed by atoms with van der Waals surface area (Å²) >= 11 is 0. The minimum atomic E-state index is -0.541. The molecule has 0 saturated heterocycles. The van der Waals surface area contributed by atoms with Gasteiger partial charge in [-0.25, -0.2) is 0 Å². The molecule has 1 aromatic rings. The van der Waals surface area contributed by atoms with Crippen molar-refractivity contribution in [3.05, 3.63) is 24.3 Å². The SMILES string of the molecule is C[C@@H](CC(=O)OC(C)(C)C)C(=O)Nc1cccc(N)c1. The van der Waals surface area contributed by atoms with Crippen LogP contribution in [0.25, 0.3) is 0 Å². The Kier molecular flexibility index (Phi) is 5.13. The maximum atomic E-state index is 12.0. The average Bonchev–Trinajstić information content (AvgIpc) is 2.25. The highest BCUT2D eigenvalue weighted by Crippen LogP contribution is 2.16. The lowest BCUT2D eigenvalue weighted by molar-refractivity contribution is -0.156. The van der Waals surface area contributed by atoms with Crippen LogP contribution in [0.15, 0.2) is 24.3 Å². The van der Waals surface area contributed by atoms with Gasteiger partial charge in [-0.3, -0.25) is 9.59 Å². The van der Waals surface area contributed by atoms with E-state index in [0.717, 1.165) is 0 Å². The second-order valence-corrected chi connectivity index (χ2v) is 5.81. The zero-order valence-corrected chi connectivity index (χ0v) is 12.4. The quantitative estimate of drug-likeness (QED) is 0.655. The van der Waals surface area contributed by atoms with Crippen molar-refractivity contribution in [3.8, 4) is 0 Å². The van der Waals surface area contributed by atoms with Gasteiger partial charge >= 0.3 is 5.97 Å². The van der Waals surface area contributed by atoms with Gasteiger partial charge in [-0.2, -0.15) is 0 Å². The van der Waals surface area contributed by atoms with Crippen molar-refractivity contribution in [1.82, 2.24) is 0 Å². The lowest BCUT2D eigenvalue weighted by Crippen LogP contribution is -2.28. The highest BCUT2D eigenvalue weighted by molar-refractivity contribution is 5.94. The smallest absolute Gasteiger partial charge is 0.307 e. The van der Waals surface area contributed by atoms with Gasteiger partial charge < -0.3 is 15.8 Å². The summed E-state index contributed by atoms with van der Waals surface area (Å²) in [5.41, 5.74) is 6.28. The largest absolute Gasteiger partial charge is 0.460 e. The number of ether oxygens (including phenoxy) is 1. The van der Waals surface area contributed by atoms with Crippen LogP contribution in [-0.4, -0.2) is 17.5 Å². The zero-order valence-electron chi connectivity index (χ0n) is 12.4. The van der Waals surface area contributed by atoms with Gasteiger partial charge in [-0.05, 0) is 39.0 Å². The third-order valence-corrected chi connectivity index (χ3v) is 2.49. The Labute approximate surface area is 119 Å². The summed E-state index contributed by atoms with van der Waals surface area (Å²) in [7, 11) is 0. The van der Waals surface area contributed by atoms with E-state index in [-0.39, 0.29) is 18.3 Å². The van der Waals surface area contributed by atoms with Gasteiger partial charge in [0, 0.05) is 17.3 Å². The van der Waals surface area contributed by atoms with E-state index in [9.17, 15) is 9.59 Å².